The van der Waals surface area contributed by atoms with Crippen LogP contribution >= 0.6 is 0 Å². The molecule has 276 valence electrons. The molecule has 0 aliphatic rings. The number of nitrogens with zero attached hydrogens (tertiary/aromatic N) is 1. The van der Waals surface area contributed by atoms with Gasteiger partial charge >= 0.3 is 5.97 Å². The van der Waals surface area contributed by atoms with Gasteiger partial charge in [-0.3, -0.25) is 14.5 Å². The lowest BCUT2D eigenvalue weighted by Crippen LogP contribution is -2.48. The van der Waals surface area contributed by atoms with Gasteiger partial charge in [-0.05, 0) is 103 Å². The number of allylic oxidation sites excluding steroid dienone is 8. The van der Waals surface area contributed by atoms with Gasteiger partial charge in [-0.25, -0.2) is 4.79 Å². The van der Waals surface area contributed by atoms with Crippen LogP contribution in [-0.2, 0) is 14.4 Å². The lowest BCUT2D eigenvalue weighted by atomic mass is 10.0. The predicted molar refractivity (Wildman–Crippen MR) is 205 cm³/mol. The average Bonchev–Trinajstić information content (AvgIpc) is 3.07. The highest BCUT2D eigenvalue weighted by Crippen LogP contribution is 2.18. The summed E-state index contributed by atoms with van der Waals surface area (Å²) in [6.07, 6.45) is 44.0. The van der Waals surface area contributed by atoms with Crippen molar-refractivity contribution in [2.75, 3.05) is 6.54 Å². The van der Waals surface area contributed by atoms with Gasteiger partial charge in [-0.1, -0.05) is 127 Å². The van der Waals surface area contributed by atoms with E-state index < -0.39 is 12.0 Å². The maximum absolute atomic E-state index is 13.2. The van der Waals surface area contributed by atoms with Gasteiger partial charge in [0.1, 0.15) is 6.04 Å². The molecule has 0 bridgehead atoms. The standard InChI is InChI=1S/C42H74N2O4/c1-3-5-7-9-11-13-15-17-19-21-23-25-27-29-31-36-40(45)44(39(42(47)48)35-33-34-38-43)41(46)37-32-30-28-26-24-22-20-18-16-14-12-10-8-6-4-2/h11-14,17-20,39H,3-10,15-16,21-38,43H2,1-2H3,(H,47,48)/b13-11-,14-12-,19-17-,20-18-/t39-/m0/s1. The number of hydrogen-bond donors (Lipinski definition) is 2. The van der Waals surface area contributed by atoms with E-state index in [2.05, 4.69) is 62.5 Å². The van der Waals surface area contributed by atoms with Crippen LogP contribution in [0.1, 0.15) is 187 Å². The average molecular weight is 671 g/mol. The van der Waals surface area contributed by atoms with Crippen molar-refractivity contribution in [1.82, 2.24) is 4.90 Å². The molecule has 48 heavy (non-hydrogen) atoms. The molecule has 3 N–H and O–H groups in total. The van der Waals surface area contributed by atoms with Gasteiger partial charge in [0.25, 0.3) is 0 Å². The first-order valence-corrected chi connectivity index (χ1v) is 19.9. The highest BCUT2D eigenvalue weighted by atomic mass is 16.4. The van der Waals surface area contributed by atoms with Crippen LogP contribution in [-0.4, -0.2) is 40.4 Å². The third-order valence-corrected chi connectivity index (χ3v) is 8.75. The Kier molecular flexibility index (Phi) is 34.0. The maximum Gasteiger partial charge on any atom is 0.326 e. The van der Waals surface area contributed by atoms with Crippen molar-refractivity contribution in [3.05, 3.63) is 48.6 Å². The number of unbranched alkanes of at least 4 members (excludes halogenated alkanes) is 17. The molecule has 0 aromatic heterocycles. The zero-order chi connectivity index (χ0) is 35.3. The second kappa shape index (κ2) is 35.8. The molecule has 0 aliphatic carbocycles. The van der Waals surface area contributed by atoms with E-state index >= 15 is 0 Å². The topological polar surface area (TPSA) is 101 Å². The van der Waals surface area contributed by atoms with Crippen LogP contribution in [0.3, 0.4) is 0 Å². The Hall–Kier alpha value is -2.47. The number of carboxylic acid groups (broad SMARTS) is 1. The van der Waals surface area contributed by atoms with Gasteiger partial charge in [-0.2, -0.15) is 0 Å². The lowest BCUT2D eigenvalue weighted by molar-refractivity contribution is -0.158. The SMILES string of the molecule is CCCCC/C=C\C/C=C\CCCCCCCC(=O)N(C(=O)CCCCCCC/C=C\C/C=C\CCCCC)[C@@H](CCCCN)C(=O)O. The van der Waals surface area contributed by atoms with Crippen LogP contribution in [0.2, 0.25) is 0 Å². The largest absolute Gasteiger partial charge is 0.480 e. The molecule has 2 amide bonds. The number of amides is 2. The van der Waals surface area contributed by atoms with Gasteiger partial charge in [0, 0.05) is 12.8 Å². The number of carboxylic acids is 1. The minimum atomic E-state index is -1.10. The van der Waals surface area contributed by atoms with Gasteiger partial charge in [0.05, 0.1) is 0 Å². The van der Waals surface area contributed by atoms with Crippen molar-refractivity contribution < 1.29 is 19.5 Å². The highest BCUT2D eigenvalue weighted by Gasteiger charge is 2.33. The smallest absolute Gasteiger partial charge is 0.326 e. The van der Waals surface area contributed by atoms with E-state index in [9.17, 15) is 19.5 Å². The van der Waals surface area contributed by atoms with Crippen LogP contribution in [0.25, 0.3) is 0 Å². The fourth-order valence-corrected chi connectivity index (χ4v) is 5.75. The monoisotopic (exact) mass is 671 g/mol. The first kappa shape index (κ1) is 45.5. The number of rotatable bonds is 34. The molecule has 1 atom stereocenters. The second-order valence-electron chi connectivity index (χ2n) is 13.3. The molecule has 0 rings (SSSR count). The number of aliphatic carboxylic acids is 1. The van der Waals surface area contributed by atoms with E-state index in [1.807, 2.05) is 0 Å². The number of imide groups is 1. The Labute approximate surface area is 295 Å². The summed E-state index contributed by atoms with van der Waals surface area (Å²) < 4.78 is 0. The number of nitrogens with two attached hydrogens (primary N) is 1. The van der Waals surface area contributed by atoms with Gasteiger partial charge in [0.2, 0.25) is 11.8 Å². The van der Waals surface area contributed by atoms with Crippen molar-refractivity contribution in [2.45, 2.75) is 193 Å². The Morgan fingerprint density at radius 2 is 0.896 bits per heavy atom. The van der Waals surface area contributed by atoms with E-state index in [0.29, 0.717) is 32.2 Å². The van der Waals surface area contributed by atoms with E-state index in [0.717, 1.165) is 81.9 Å². The predicted octanol–water partition coefficient (Wildman–Crippen LogP) is 11.6. The molecule has 0 aliphatic heterocycles. The van der Waals surface area contributed by atoms with Gasteiger partial charge in [-0.15, -0.1) is 0 Å². The summed E-state index contributed by atoms with van der Waals surface area (Å²) in [5, 5.41) is 9.95. The Bertz CT molecular complexity index is 834. The van der Waals surface area contributed by atoms with Crippen molar-refractivity contribution in [2.24, 2.45) is 5.73 Å². The molecule has 0 radical (unpaired) electrons. The molecular formula is C42H74N2O4. The number of hydrogen-bond acceptors (Lipinski definition) is 4. The van der Waals surface area contributed by atoms with E-state index in [4.69, 9.17) is 5.73 Å². The summed E-state index contributed by atoms with van der Waals surface area (Å²) in [5.41, 5.74) is 5.62. The molecule has 0 saturated heterocycles. The summed E-state index contributed by atoms with van der Waals surface area (Å²) in [6, 6.07) is -1.10. The van der Waals surface area contributed by atoms with E-state index in [-0.39, 0.29) is 31.1 Å². The van der Waals surface area contributed by atoms with Crippen LogP contribution < -0.4 is 5.73 Å². The summed E-state index contributed by atoms with van der Waals surface area (Å²) >= 11 is 0. The van der Waals surface area contributed by atoms with E-state index in [1.165, 1.54) is 51.4 Å². The molecular weight excluding hydrogens is 596 g/mol. The van der Waals surface area contributed by atoms with Gasteiger partial charge in [0.15, 0.2) is 0 Å². The van der Waals surface area contributed by atoms with Crippen LogP contribution in [0.15, 0.2) is 48.6 Å². The van der Waals surface area contributed by atoms with Crippen molar-refractivity contribution in [3.8, 4) is 0 Å². The lowest BCUT2D eigenvalue weighted by Gasteiger charge is -2.27. The molecule has 0 saturated carbocycles. The highest BCUT2D eigenvalue weighted by molar-refractivity contribution is 5.99. The van der Waals surface area contributed by atoms with Crippen LogP contribution in [0.4, 0.5) is 0 Å². The zero-order valence-corrected chi connectivity index (χ0v) is 31.2. The zero-order valence-electron chi connectivity index (χ0n) is 31.2. The van der Waals surface area contributed by atoms with Crippen molar-refractivity contribution >= 4 is 17.8 Å². The molecule has 0 aromatic carbocycles. The molecule has 0 heterocycles. The van der Waals surface area contributed by atoms with Crippen LogP contribution in [0, 0.1) is 0 Å². The minimum absolute atomic E-state index is 0.221. The van der Waals surface area contributed by atoms with Crippen molar-refractivity contribution in [1.29, 1.82) is 0 Å². The molecule has 6 nitrogen and oxygen atoms in total. The van der Waals surface area contributed by atoms with E-state index in [1.54, 1.807) is 0 Å². The second-order valence-corrected chi connectivity index (χ2v) is 13.3. The first-order chi connectivity index (χ1) is 23.5. The Morgan fingerprint density at radius 3 is 1.27 bits per heavy atom. The number of carbonyl (C=O) groups is 3. The quantitative estimate of drug-likeness (QED) is 0.0524. The normalized spacial score (nSPS) is 12.6. The third kappa shape index (κ3) is 28.5. The minimum Gasteiger partial charge on any atom is -0.480 e. The fourth-order valence-electron chi connectivity index (χ4n) is 5.75. The fraction of sp³-hybridized carbons (Fsp3) is 0.738. The summed E-state index contributed by atoms with van der Waals surface area (Å²) in [5.74, 6) is -1.78. The summed E-state index contributed by atoms with van der Waals surface area (Å²) in [4.78, 5) is 39.8. The molecule has 0 fully saturated rings. The maximum atomic E-state index is 13.2. The third-order valence-electron chi connectivity index (χ3n) is 8.75. The Balaban J connectivity index is 4.45. The molecule has 0 unspecified atom stereocenters. The summed E-state index contributed by atoms with van der Waals surface area (Å²) in [6.45, 7) is 4.92. The summed E-state index contributed by atoms with van der Waals surface area (Å²) in [7, 11) is 0. The molecule has 0 spiro atoms. The molecule has 0 aromatic rings. The Morgan fingerprint density at radius 1 is 0.521 bits per heavy atom. The first-order valence-electron chi connectivity index (χ1n) is 19.9. The molecule has 6 heteroatoms. The van der Waals surface area contributed by atoms with Gasteiger partial charge < -0.3 is 10.8 Å². The number of carbonyl (C=O) groups excluding carboxylic acids is 2. The van der Waals surface area contributed by atoms with Crippen molar-refractivity contribution in [3.63, 3.8) is 0 Å². The van der Waals surface area contributed by atoms with Crippen LogP contribution in [0.5, 0.6) is 0 Å².